The van der Waals surface area contributed by atoms with E-state index in [0.29, 0.717) is 23.3 Å². The molecule has 7 heteroatoms. The predicted molar refractivity (Wildman–Crippen MR) is 106 cm³/mol. The number of Topliss-reactive ketones (excluding diaryl/α,β-unsaturated/α-hetero) is 1. The van der Waals surface area contributed by atoms with Gasteiger partial charge in [-0.15, -0.1) is 0 Å². The van der Waals surface area contributed by atoms with Crippen molar-refractivity contribution in [2.75, 3.05) is 6.61 Å². The molecular formula is C24H20O7. The van der Waals surface area contributed by atoms with Crippen molar-refractivity contribution >= 4 is 23.7 Å². The highest BCUT2D eigenvalue weighted by Gasteiger charge is 2.64. The van der Waals surface area contributed by atoms with Gasteiger partial charge in [-0.2, -0.15) is 0 Å². The van der Waals surface area contributed by atoms with Crippen LogP contribution >= 0.6 is 0 Å². The Bertz CT molecular complexity index is 1040. The molecule has 5 atom stereocenters. The smallest absolute Gasteiger partial charge is 0.343 e. The average Bonchev–Trinajstić information content (AvgIpc) is 3.41. The van der Waals surface area contributed by atoms with Gasteiger partial charge in [-0.3, -0.25) is 14.4 Å². The van der Waals surface area contributed by atoms with Gasteiger partial charge >= 0.3 is 17.9 Å². The van der Waals surface area contributed by atoms with Gasteiger partial charge in [-0.1, -0.05) is 18.2 Å². The minimum atomic E-state index is -0.510. The maximum atomic E-state index is 12.6. The van der Waals surface area contributed by atoms with E-state index in [-0.39, 0.29) is 29.7 Å². The summed E-state index contributed by atoms with van der Waals surface area (Å²) in [6.45, 7) is -0.402. The van der Waals surface area contributed by atoms with Crippen LogP contribution in [0.5, 0.6) is 5.75 Å². The standard InChI is InChI=1S/C24H20O7/c25-18(12-29-23(27)20-15-10-17-19(11-15)31-24(28)21(17)20)13-6-8-16(9-7-13)30-22(26)14-4-2-1-3-5-14/h1-9,15,17,19-21H,10-12H2/t15-,17+,19-,20-,21+/m1/s1. The third-order valence-electron chi connectivity index (χ3n) is 6.50. The van der Waals surface area contributed by atoms with Crippen molar-refractivity contribution in [1.29, 1.82) is 0 Å². The molecule has 0 amide bonds. The van der Waals surface area contributed by atoms with Gasteiger partial charge < -0.3 is 14.2 Å². The van der Waals surface area contributed by atoms with Crippen molar-refractivity contribution in [2.24, 2.45) is 23.7 Å². The van der Waals surface area contributed by atoms with Crippen molar-refractivity contribution in [3.05, 3.63) is 65.7 Å². The predicted octanol–water partition coefficient (Wildman–Crippen LogP) is 2.83. The Hall–Kier alpha value is -3.48. The second-order valence-electron chi connectivity index (χ2n) is 8.23. The summed E-state index contributed by atoms with van der Waals surface area (Å²) in [6, 6.07) is 14.6. The minimum Gasteiger partial charge on any atom is -0.462 e. The number of ether oxygens (including phenoxy) is 3. The number of benzene rings is 2. The van der Waals surface area contributed by atoms with Gasteiger partial charge in [-0.05, 0) is 55.2 Å². The lowest BCUT2D eigenvalue weighted by atomic mass is 9.80. The Labute approximate surface area is 178 Å². The van der Waals surface area contributed by atoms with Crippen molar-refractivity contribution in [3.8, 4) is 5.75 Å². The van der Waals surface area contributed by atoms with Gasteiger partial charge in [0, 0.05) is 11.5 Å². The van der Waals surface area contributed by atoms with Crippen LogP contribution in [0.25, 0.3) is 0 Å². The summed E-state index contributed by atoms with van der Waals surface area (Å²) in [5.74, 6) is -2.12. The normalized spacial score (nSPS) is 27.6. The van der Waals surface area contributed by atoms with Gasteiger partial charge in [0.05, 0.1) is 17.4 Å². The molecule has 2 aromatic rings. The van der Waals surface area contributed by atoms with Gasteiger partial charge in [0.15, 0.2) is 12.4 Å². The second kappa shape index (κ2) is 7.65. The molecule has 2 aliphatic carbocycles. The molecular weight excluding hydrogens is 400 g/mol. The summed E-state index contributed by atoms with van der Waals surface area (Å²) < 4.78 is 15.9. The molecule has 3 fully saturated rings. The van der Waals surface area contributed by atoms with Crippen molar-refractivity contribution in [3.63, 3.8) is 0 Å². The van der Waals surface area contributed by atoms with E-state index in [4.69, 9.17) is 14.2 Å². The second-order valence-corrected chi connectivity index (χ2v) is 8.23. The van der Waals surface area contributed by atoms with Crippen LogP contribution < -0.4 is 4.74 Å². The molecule has 2 aromatic carbocycles. The molecule has 2 saturated carbocycles. The topological polar surface area (TPSA) is 96.0 Å². The van der Waals surface area contributed by atoms with Crippen LogP contribution in [0.2, 0.25) is 0 Å². The third kappa shape index (κ3) is 3.50. The van der Waals surface area contributed by atoms with Crippen LogP contribution in [-0.2, 0) is 19.1 Å². The summed E-state index contributed by atoms with van der Waals surface area (Å²) in [5, 5.41) is 0. The zero-order chi connectivity index (χ0) is 21.5. The van der Waals surface area contributed by atoms with Gasteiger partial charge in [-0.25, -0.2) is 4.79 Å². The van der Waals surface area contributed by atoms with Gasteiger partial charge in [0.2, 0.25) is 0 Å². The Morgan fingerprint density at radius 2 is 1.68 bits per heavy atom. The fourth-order valence-electron chi connectivity index (χ4n) is 5.09. The molecule has 1 saturated heterocycles. The van der Waals surface area contributed by atoms with Crippen LogP contribution in [-0.4, -0.2) is 36.4 Å². The molecule has 1 aliphatic heterocycles. The molecule has 0 radical (unpaired) electrons. The van der Waals surface area contributed by atoms with E-state index in [1.165, 1.54) is 24.3 Å². The van der Waals surface area contributed by atoms with E-state index in [1.807, 2.05) is 0 Å². The molecule has 2 bridgehead atoms. The largest absolute Gasteiger partial charge is 0.462 e. The van der Waals surface area contributed by atoms with E-state index in [9.17, 15) is 19.2 Å². The maximum Gasteiger partial charge on any atom is 0.343 e. The van der Waals surface area contributed by atoms with Crippen LogP contribution in [0.15, 0.2) is 54.6 Å². The molecule has 7 nitrogen and oxygen atoms in total. The summed E-state index contributed by atoms with van der Waals surface area (Å²) in [5.41, 5.74) is 0.758. The number of esters is 3. The van der Waals surface area contributed by atoms with Crippen LogP contribution in [0.1, 0.15) is 33.6 Å². The Balaban J connectivity index is 1.16. The van der Waals surface area contributed by atoms with E-state index in [2.05, 4.69) is 0 Å². The van der Waals surface area contributed by atoms with Crippen LogP contribution in [0.4, 0.5) is 0 Å². The summed E-state index contributed by atoms with van der Waals surface area (Å²) in [6.07, 6.45) is 1.45. The van der Waals surface area contributed by atoms with Crippen LogP contribution in [0, 0.1) is 23.7 Å². The highest BCUT2D eigenvalue weighted by atomic mass is 16.6. The Morgan fingerprint density at radius 1 is 0.935 bits per heavy atom. The zero-order valence-electron chi connectivity index (χ0n) is 16.6. The van der Waals surface area contributed by atoms with Gasteiger partial charge in [0.25, 0.3) is 0 Å². The quantitative estimate of drug-likeness (QED) is 0.403. The molecule has 0 N–H and O–H groups in total. The van der Waals surface area contributed by atoms with E-state index < -0.39 is 30.4 Å². The summed E-state index contributed by atoms with van der Waals surface area (Å²) in [4.78, 5) is 49.1. The van der Waals surface area contributed by atoms with E-state index >= 15 is 0 Å². The highest BCUT2D eigenvalue weighted by molar-refractivity contribution is 5.98. The molecule has 1 heterocycles. The highest BCUT2D eigenvalue weighted by Crippen LogP contribution is 2.57. The first-order valence-electron chi connectivity index (χ1n) is 10.3. The molecule has 31 heavy (non-hydrogen) atoms. The van der Waals surface area contributed by atoms with Crippen molar-refractivity contribution < 1.29 is 33.4 Å². The maximum absolute atomic E-state index is 12.6. The molecule has 0 aromatic heterocycles. The molecule has 0 unspecified atom stereocenters. The molecule has 5 rings (SSSR count). The minimum absolute atomic E-state index is 0.0531. The third-order valence-corrected chi connectivity index (χ3v) is 6.50. The number of rotatable bonds is 6. The fourth-order valence-corrected chi connectivity index (χ4v) is 5.09. The first kappa shape index (κ1) is 19.5. The lowest BCUT2D eigenvalue weighted by Crippen LogP contribution is -2.34. The summed E-state index contributed by atoms with van der Waals surface area (Å²) in [7, 11) is 0. The average molecular weight is 420 g/mol. The number of ketones is 1. The number of fused-ring (bicyclic) bond motifs is 1. The summed E-state index contributed by atoms with van der Waals surface area (Å²) >= 11 is 0. The lowest BCUT2D eigenvalue weighted by molar-refractivity contribution is -0.154. The van der Waals surface area contributed by atoms with E-state index in [1.54, 1.807) is 30.3 Å². The number of carbonyl (C=O) groups excluding carboxylic acids is 4. The fraction of sp³-hybridized carbons (Fsp3) is 0.333. The zero-order valence-corrected chi connectivity index (χ0v) is 16.6. The number of hydrogen-bond donors (Lipinski definition) is 0. The van der Waals surface area contributed by atoms with Crippen molar-refractivity contribution in [1.82, 2.24) is 0 Å². The number of hydrogen-bond acceptors (Lipinski definition) is 7. The molecule has 0 spiro atoms. The Kier molecular flexibility index (Phi) is 4.81. The Morgan fingerprint density at radius 3 is 2.42 bits per heavy atom. The SMILES string of the molecule is O=C(COC(=O)[C@@H]1[C@@H]2C[C@@H]3[C@@H]1C(=O)O[C@@H]3C2)c1ccc(OC(=O)c2ccccc2)cc1. The molecule has 158 valence electrons. The lowest BCUT2D eigenvalue weighted by Gasteiger charge is -2.22. The molecule has 3 aliphatic rings. The van der Waals surface area contributed by atoms with E-state index in [0.717, 1.165) is 6.42 Å². The van der Waals surface area contributed by atoms with Gasteiger partial charge in [0.1, 0.15) is 11.9 Å². The monoisotopic (exact) mass is 420 g/mol. The number of carbonyl (C=O) groups is 4. The first-order chi connectivity index (χ1) is 15.0. The van der Waals surface area contributed by atoms with Crippen molar-refractivity contribution in [2.45, 2.75) is 18.9 Å². The van der Waals surface area contributed by atoms with Crippen LogP contribution in [0.3, 0.4) is 0 Å². The first-order valence-corrected chi connectivity index (χ1v) is 10.3.